The zero-order valence-electron chi connectivity index (χ0n) is 17.3. The standard InChI is InChI=1S/C22H43NO3/c1-3-5-7-8-9-10-11-12-13-14-15-16-17-19-20(18-6-4-2)22(25,26)21(23)24/h18,25-26H,3-17,19H2,1-2H3,(H2,23,24). The molecular weight excluding hydrogens is 326 g/mol. The lowest BCUT2D eigenvalue weighted by Gasteiger charge is -2.21. The molecule has 4 heteroatoms. The number of hydrogen-bond donors (Lipinski definition) is 3. The van der Waals surface area contributed by atoms with Gasteiger partial charge in [-0.2, -0.15) is 0 Å². The minimum atomic E-state index is -2.49. The average Bonchev–Trinajstić information content (AvgIpc) is 2.61. The summed E-state index contributed by atoms with van der Waals surface area (Å²) in [6, 6.07) is 0. The predicted octanol–water partition coefficient (Wildman–Crippen LogP) is 5.36. The molecular formula is C22H43NO3. The Hall–Kier alpha value is -0.870. The van der Waals surface area contributed by atoms with Gasteiger partial charge in [-0.25, -0.2) is 0 Å². The summed E-state index contributed by atoms with van der Waals surface area (Å²) in [7, 11) is 0. The second-order valence-corrected chi connectivity index (χ2v) is 7.55. The molecule has 0 aromatic rings. The average molecular weight is 370 g/mol. The number of allylic oxidation sites excluding steroid dienone is 1. The van der Waals surface area contributed by atoms with Crippen LogP contribution in [-0.4, -0.2) is 21.9 Å². The summed E-state index contributed by atoms with van der Waals surface area (Å²) in [5, 5.41) is 19.8. The van der Waals surface area contributed by atoms with Crippen molar-refractivity contribution in [2.45, 2.75) is 122 Å². The van der Waals surface area contributed by atoms with Gasteiger partial charge in [-0.3, -0.25) is 4.79 Å². The molecule has 0 heterocycles. The van der Waals surface area contributed by atoms with E-state index in [-0.39, 0.29) is 0 Å². The highest BCUT2D eigenvalue weighted by atomic mass is 16.5. The van der Waals surface area contributed by atoms with Gasteiger partial charge in [0.25, 0.3) is 11.7 Å². The molecule has 0 spiro atoms. The Balaban J connectivity index is 3.72. The van der Waals surface area contributed by atoms with E-state index in [4.69, 9.17) is 5.73 Å². The number of nitrogens with two attached hydrogens (primary N) is 1. The summed E-state index contributed by atoms with van der Waals surface area (Å²) in [5.74, 6) is -3.58. The maximum atomic E-state index is 11.2. The van der Waals surface area contributed by atoms with Crippen LogP contribution in [0.4, 0.5) is 0 Å². The number of unbranched alkanes of at least 4 members (excludes halogenated alkanes) is 13. The Morgan fingerprint density at radius 1 is 0.769 bits per heavy atom. The fraction of sp³-hybridized carbons (Fsp3) is 0.864. The van der Waals surface area contributed by atoms with E-state index in [0.717, 1.165) is 32.1 Å². The van der Waals surface area contributed by atoms with Crippen LogP contribution in [0.2, 0.25) is 0 Å². The number of rotatable bonds is 18. The highest BCUT2D eigenvalue weighted by Crippen LogP contribution is 2.22. The Morgan fingerprint density at radius 3 is 1.58 bits per heavy atom. The van der Waals surface area contributed by atoms with Crippen LogP contribution in [0.5, 0.6) is 0 Å². The molecule has 0 atom stereocenters. The first-order chi connectivity index (χ1) is 12.5. The maximum Gasteiger partial charge on any atom is 0.282 e. The first-order valence-electron chi connectivity index (χ1n) is 10.9. The van der Waals surface area contributed by atoms with E-state index in [0.29, 0.717) is 12.0 Å². The van der Waals surface area contributed by atoms with Gasteiger partial charge in [-0.1, -0.05) is 103 Å². The van der Waals surface area contributed by atoms with E-state index in [2.05, 4.69) is 6.92 Å². The van der Waals surface area contributed by atoms with Gasteiger partial charge >= 0.3 is 0 Å². The number of hydrogen-bond acceptors (Lipinski definition) is 3. The van der Waals surface area contributed by atoms with Crippen molar-refractivity contribution in [1.82, 2.24) is 0 Å². The monoisotopic (exact) mass is 369 g/mol. The summed E-state index contributed by atoms with van der Waals surface area (Å²) in [5.41, 5.74) is 5.46. The molecule has 0 unspecified atom stereocenters. The van der Waals surface area contributed by atoms with Crippen molar-refractivity contribution < 1.29 is 15.0 Å². The van der Waals surface area contributed by atoms with Gasteiger partial charge < -0.3 is 15.9 Å². The van der Waals surface area contributed by atoms with Gasteiger partial charge in [0.1, 0.15) is 0 Å². The van der Waals surface area contributed by atoms with Crippen LogP contribution < -0.4 is 5.73 Å². The molecule has 0 aromatic heterocycles. The van der Waals surface area contributed by atoms with E-state index in [9.17, 15) is 15.0 Å². The number of carbonyl (C=O) groups is 1. The van der Waals surface area contributed by atoms with E-state index in [1.807, 2.05) is 6.92 Å². The molecule has 0 aromatic carbocycles. The fourth-order valence-corrected chi connectivity index (χ4v) is 3.23. The van der Waals surface area contributed by atoms with Crippen molar-refractivity contribution in [3.8, 4) is 0 Å². The number of primary amides is 1. The van der Waals surface area contributed by atoms with Crippen molar-refractivity contribution in [3.05, 3.63) is 11.6 Å². The van der Waals surface area contributed by atoms with Crippen LogP contribution >= 0.6 is 0 Å². The SMILES string of the molecule is CCCC=C(CCCCCCCCCCCCCCC)C(O)(O)C(N)=O. The largest absolute Gasteiger partial charge is 0.365 e. The smallest absolute Gasteiger partial charge is 0.282 e. The van der Waals surface area contributed by atoms with Gasteiger partial charge in [-0.05, 0) is 24.8 Å². The maximum absolute atomic E-state index is 11.2. The molecule has 4 N–H and O–H groups in total. The quantitative estimate of drug-likeness (QED) is 0.173. The molecule has 0 fully saturated rings. The Morgan fingerprint density at radius 2 is 1.19 bits per heavy atom. The van der Waals surface area contributed by atoms with Gasteiger partial charge in [-0.15, -0.1) is 0 Å². The van der Waals surface area contributed by atoms with Gasteiger partial charge in [0.2, 0.25) is 0 Å². The minimum absolute atomic E-state index is 0.356. The zero-order chi connectivity index (χ0) is 19.7. The summed E-state index contributed by atoms with van der Waals surface area (Å²) < 4.78 is 0. The first-order valence-corrected chi connectivity index (χ1v) is 10.9. The summed E-state index contributed by atoms with van der Waals surface area (Å²) in [6.45, 7) is 4.27. The second-order valence-electron chi connectivity index (χ2n) is 7.55. The number of aliphatic hydroxyl groups is 2. The molecule has 154 valence electrons. The lowest BCUT2D eigenvalue weighted by atomic mass is 9.96. The predicted molar refractivity (Wildman–Crippen MR) is 110 cm³/mol. The topological polar surface area (TPSA) is 83.6 Å². The summed E-state index contributed by atoms with van der Waals surface area (Å²) in [4.78, 5) is 11.2. The Labute approximate surface area is 161 Å². The van der Waals surface area contributed by atoms with Gasteiger partial charge in [0.15, 0.2) is 0 Å². The molecule has 0 saturated heterocycles. The molecule has 0 aliphatic heterocycles. The molecule has 1 amide bonds. The number of amides is 1. The van der Waals surface area contributed by atoms with Crippen LogP contribution in [0.15, 0.2) is 11.6 Å². The fourth-order valence-electron chi connectivity index (χ4n) is 3.23. The molecule has 0 aliphatic rings. The van der Waals surface area contributed by atoms with Crippen molar-refractivity contribution in [2.24, 2.45) is 5.73 Å². The zero-order valence-corrected chi connectivity index (χ0v) is 17.3. The van der Waals surface area contributed by atoms with Crippen LogP contribution in [0.1, 0.15) is 117 Å². The summed E-state index contributed by atoms with van der Waals surface area (Å²) in [6.07, 6.45) is 20.4. The van der Waals surface area contributed by atoms with E-state index < -0.39 is 11.7 Å². The van der Waals surface area contributed by atoms with Crippen LogP contribution in [0, 0.1) is 0 Å². The van der Waals surface area contributed by atoms with E-state index in [1.165, 1.54) is 64.2 Å². The molecule has 0 radical (unpaired) electrons. The van der Waals surface area contributed by atoms with E-state index in [1.54, 1.807) is 6.08 Å². The van der Waals surface area contributed by atoms with Crippen LogP contribution in [0.3, 0.4) is 0 Å². The molecule has 0 bridgehead atoms. The first kappa shape index (κ1) is 25.1. The molecule has 26 heavy (non-hydrogen) atoms. The van der Waals surface area contributed by atoms with Crippen molar-refractivity contribution in [2.75, 3.05) is 0 Å². The second kappa shape index (κ2) is 16.3. The van der Waals surface area contributed by atoms with Crippen LogP contribution in [0.25, 0.3) is 0 Å². The molecule has 0 saturated carbocycles. The Bertz CT molecular complexity index is 378. The number of carbonyl (C=O) groups excluding carboxylic acids is 1. The highest BCUT2D eigenvalue weighted by Gasteiger charge is 2.34. The Kier molecular flexibility index (Phi) is 15.8. The lowest BCUT2D eigenvalue weighted by Crippen LogP contribution is -2.45. The third-order valence-electron chi connectivity index (χ3n) is 5.02. The molecule has 4 nitrogen and oxygen atoms in total. The molecule has 0 rings (SSSR count). The minimum Gasteiger partial charge on any atom is -0.365 e. The highest BCUT2D eigenvalue weighted by molar-refractivity contribution is 5.84. The van der Waals surface area contributed by atoms with Gasteiger partial charge in [0, 0.05) is 0 Å². The van der Waals surface area contributed by atoms with Crippen molar-refractivity contribution >= 4 is 5.91 Å². The van der Waals surface area contributed by atoms with Crippen LogP contribution in [-0.2, 0) is 4.79 Å². The third-order valence-corrected chi connectivity index (χ3v) is 5.02. The molecule has 0 aliphatic carbocycles. The summed E-state index contributed by atoms with van der Waals surface area (Å²) >= 11 is 0. The van der Waals surface area contributed by atoms with Gasteiger partial charge in [0.05, 0.1) is 0 Å². The lowest BCUT2D eigenvalue weighted by molar-refractivity contribution is -0.168. The normalized spacial score (nSPS) is 12.5. The van der Waals surface area contributed by atoms with Crippen molar-refractivity contribution in [3.63, 3.8) is 0 Å². The van der Waals surface area contributed by atoms with E-state index >= 15 is 0 Å². The van der Waals surface area contributed by atoms with Crippen molar-refractivity contribution in [1.29, 1.82) is 0 Å². The third kappa shape index (κ3) is 12.5.